The first-order valence-corrected chi connectivity index (χ1v) is 12.6. The SMILES string of the molecule is COc1cc2c(c(OC)c1OC)SC(N)N2CC1CCN(CC2COc3ccccc3O2)CC1.Cl.Cl. The summed E-state index contributed by atoms with van der Waals surface area (Å²) >= 11 is 1.61. The first-order chi connectivity index (χ1) is 16.6. The van der Waals surface area contributed by atoms with Gasteiger partial charge in [-0.3, -0.25) is 4.90 Å². The Labute approximate surface area is 229 Å². The first kappa shape index (κ1) is 28.7. The lowest BCUT2D eigenvalue weighted by atomic mass is 9.95. The van der Waals surface area contributed by atoms with Crippen LogP contribution >= 0.6 is 36.6 Å². The van der Waals surface area contributed by atoms with E-state index in [9.17, 15) is 0 Å². The van der Waals surface area contributed by atoms with E-state index in [4.69, 9.17) is 29.4 Å². The number of halogens is 2. The lowest BCUT2D eigenvalue weighted by Crippen LogP contribution is -2.46. The third kappa shape index (κ3) is 5.65. The molecule has 2 aromatic rings. The number of ether oxygens (including phenoxy) is 5. The van der Waals surface area contributed by atoms with E-state index in [1.807, 2.05) is 30.3 Å². The predicted octanol–water partition coefficient (Wildman–Crippen LogP) is 4.26. The van der Waals surface area contributed by atoms with Gasteiger partial charge in [0.1, 0.15) is 18.2 Å². The minimum atomic E-state index is -0.161. The number of likely N-dealkylation sites (tertiary alicyclic amines) is 1. The van der Waals surface area contributed by atoms with Crippen LogP contribution in [0, 0.1) is 5.92 Å². The van der Waals surface area contributed by atoms with Crippen molar-refractivity contribution in [2.75, 3.05) is 59.0 Å². The number of nitrogens with zero attached hydrogens (tertiary/aromatic N) is 2. The van der Waals surface area contributed by atoms with Crippen LogP contribution < -0.4 is 34.3 Å². The van der Waals surface area contributed by atoms with Crippen LogP contribution in [0.2, 0.25) is 0 Å². The third-order valence-corrected chi connectivity index (χ3v) is 7.94. The number of fused-ring (bicyclic) bond motifs is 2. The molecule has 3 aliphatic rings. The van der Waals surface area contributed by atoms with Crippen molar-refractivity contribution in [1.29, 1.82) is 0 Å². The van der Waals surface area contributed by atoms with E-state index in [2.05, 4.69) is 9.80 Å². The fourth-order valence-electron chi connectivity index (χ4n) is 5.04. The summed E-state index contributed by atoms with van der Waals surface area (Å²) in [6.45, 7) is 4.48. The maximum Gasteiger partial charge on any atom is 0.204 e. The Hall–Kier alpha value is -1.91. The zero-order valence-electron chi connectivity index (χ0n) is 20.8. The van der Waals surface area contributed by atoms with Gasteiger partial charge < -0.3 is 34.3 Å². The predicted molar refractivity (Wildman–Crippen MR) is 147 cm³/mol. The molecule has 3 aliphatic heterocycles. The van der Waals surface area contributed by atoms with Gasteiger partial charge in [-0.25, -0.2) is 0 Å². The Balaban J connectivity index is 0.00000180. The number of piperidine rings is 1. The van der Waals surface area contributed by atoms with E-state index in [0.29, 0.717) is 29.8 Å². The van der Waals surface area contributed by atoms with Gasteiger partial charge in [0.25, 0.3) is 0 Å². The molecule has 5 rings (SSSR count). The zero-order valence-corrected chi connectivity index (χ0v) is 23.3. The van der Waals surface area contributed by atoms with Crippen molar-refractivity contribution in [2.45, 2.75) is 29.3 Å². The summed E-state index contributed by atoms with van der Waals surface area (Å²) < 4.78 is 28.8. The number of rotatable bonds is 7. The molecule has 3 heterocycles. The van der Waals surface area contributed by atoms with Crippen molar-refractivity contribution in [1.82, 2.24) is 4.90 Å². The summed E-state index contributed by atoms with van der Waals surface area (Å²) in [5.74, 6) is 4.20. The summed E-state index contributed by atoms with van der Waals surface area (Å²) in [5.41, 5.74) is 7.45. The van der Waals surface area contributed by atoms with Gasteiger partial charge in [0, 0.05) is 19.2 Å². The molecule has 2 N–H and O–H groups in total. The van der Waals surface area contributed by atoms with E-state index in [-0.39, 0.29) is 36.4 Å². The Kier molecular flexibility index (Phi) is 10.00. The molecule has 0 radical (unpaired) electrons. The molecule has 1 fully saturated rings. The van der Waals surface area contributed by atoms with E-state index >= 15 is 0 Å². The van der Waals surface area contributed by atoms with Gasteiger partial charge in [-0.2, -0.15) is 0 Å². The molecule has 36 heavy (non-hydrogen) atoms. The molecule has 0 saturated carbocycles. The molecular weight excluding hydrogens is 525 g/mol. The fourth-order valence-corrected chi connectivity index (χ4v) is 6.19. The maximum atomic E-state index is 6.55. The molecule has 0 bridgehead atoms. The lowest BCUT2D eigenvalue weighted by Gasteiger charge is -2.37. The van der Waals surface area contributed by atoms with E-state index < -0.39 is 0 Å². The van der Waals surface area contributed by atoms with Gasteiger partial charge >= 0.3 is 0 Å². The second-order valence-electron chi connectivity index (χ2n) is 8.90. The summed E-state index contributed by atoms with van der Waals surface area (Å²) in [6.07, 6.45) is 2.31. The minimum Gasteiger partial charge on any atom is -0.493 e. The number of anilines is 1. The molecular formula is C25H35Cl2N3O5S. The van der Waals surface area contributed by atoms with Gasteiger partial charge in [0.15, 0.2) is 23.0 Å². The molecule has 0 spiro atoms. The number of hydrogen-bond donors (Lipinski definition) is 1. The number of hydrogen-bond acceptors (Lipinski definition) is 9. The Morgan fingerprint density at radius 2 is 1.67 bits per heavy atom. The Morgan fingerprint density at radius 1 is 0.972 bits per heavy atom. The highest BCUT2D eigenvalue weighted by molar-refractivity contribution is 8.00. The van der Waals surface area contributed by atoms with Crippen LogP contribution in [0.1, 0.15) is 12.8 Å². The molecule has 2 atom stereocenters. The van der Waals surface area contributed by atoms with Crippen LogP contribution in [0.4, 0.5) is 5.69 Å². The normalized spacial score (nSPS) is 21.2. The van der Waals surface area contributed by atoms with Gasteiger partial charge in [0.05, 0.1) is 31.9 Å². The third-order valence-electron chi connectivity index (χ3n) is 6.81. The molecule has 1 saturated heterocycles. The number of methoxy groups -OCH3 is 3. The number of para-hydroxylation sites is 2. The number of thioether (sulfide) groups is 1. The van der Waals surface area contributed by atoms with Crippen molar-refractivity contribution < 1.29 is 23.7 Å². The van der Waals surface area contributed by atoms with Crippen LogP contribution in [0.5, 0.6) is 28.7 Å². The van der Waals surface area contributed by atoms with E-state index in [1.165, 1.54) is 0 Å². The van der Waals surface area contributed by atoms with Crippen LogP contribution in [0.25, 0.3) is 0 Å². The van der Waals surface area contributed by atoms with Gasteiger partial charge in [-0.1, -0.05) is 23.9 Å². The lowest BCUT2D eigenvalue weighted by molar-refractivity contribution is 0.0481. The van der Waals surface area contributed by atoms with Crippen LogP contribution in [-0.4, -0.2) is 70.6 Å². The molecule has 0 amide bonds. The maximum absolute atomic E-state index is 6.55. The molecule has 200 valence electrons. The highest BCUT2D eigenvalue weighted by atomic mass is 35.5. The van der Waals surface area contributed by atoms with Gasteiger partial charge in [0.2, 0.25) is 5.75 Å². The largest absolute Gasteiger partial charge is 0.493 e. The summed E-state index contributed by atoms with van der Waals surface area (Å²) in [4.78, 5) is 5.78. The van der Waals surface area contributed by atoms with Crippen molar-refractivity contribution in [3.8, 4) is 28.7 Å². The average molecular weight is 561 g/mol. The number of benzene rings is 2. The molecule has 2 aromatic carbocycles. The van der Waals surface area contributed by atoms with Crippen molar-refractivity contribution in [3.05, 3.63) is 30.3 Å². The Bertz CT molecular complexity index is 1030. The molecule has 0 aliphatic carbocycles. The van der Waals surface area contributed by atoms with Crippen LogP contribution in [0.15, 0.2) is 35.2 Å². The van der Waals surface area contributed by atoms with Crippen molar-refractivity contribution in [3.63, 3.8) is 0 Å². The van der Waals surface area contributed by atoms with Gasteiger partial charge in [-0.05, 0) is 44.0 Å². The van der Waals surface area contributed by atoms with Crippen molar-refractivity contribution >= 4 is 42.3 Å². The molecule has 11 heteroatoms. The molecule has 0 aromatic heterocycles. The van der Waals surface area contributed by atoms with Crippen LogP contribution in [0.3, 0.4) is 0 Å². The fraction of sp³-hybridized carbons (Fsp3) is 0.520. The summed E-state index contributed by atoms with van der Waals surface area (Å²) in [5, 5.41) is 0. The highest BCUT2D eigenvalue weighted by Crippen LogP contribution is 2.54. The first-order valence-electron chi connectivity index (χ1n) is 11.7. The molecule has 2 unspecified atom stereocenters. The van der Waals surface area contributed by atoms with Crippen LogP contribution in [-0.2, 0) is 0 Å². The summed E-state index contributed by atoms with van der Waals surface area (Å²) in [6, 6.07) is 9.90. The average Bonchev–Trinajstić information content (AvgIpc) is 3.18. The minimum absolute atomic E-state index is 0. The van der Waals surface area contributed by atoms with E-state index in [1.54, 1.807) is 33.1 Å². The Morgan fingerprint density at radius 3 is 2.33 bits per heavy atom. The quantitative estimate of drug-likeness (QED) is 0.535. The second kappa shape index (κ2) is 12.6. The zero-order chi connectivity index (χ0) is 23.7. The highest BCUT2D eigenvalue weighted by Gasteiger charge is 2.36. The standard InChI is InChI=1S/C25H33N3O5S.2ClH/c1-29-21-12-18-24(23(31-3)22(21)30-2)34-25(26)28(18)13-16-8-10-27(11-9-16)14-17-15-32-19-6-4-5-7-20(19)33-17;;/h4-7,12,16-17,25H,8-11,13-15,26H2,1-3H3;2*1H. The summed E-state index contributed by atoms with van der Waals surface area (Å²) in [7, 11) is 4.92. The van der Waals surface area contributed by atoms with E-state index in [0.717, 1.165) is 61.1 Å². The second-order valence-corrected chi connectivity index (χ2v) is 10.0. The van der Waals surface area contributed by atoms with Gasteiger partial charge in [-0.15, -0.1) is 24.8 Å². The topological polar surface area (TPSA) is 78.7 Å². The number of nitrogens with two attached hydrogens (primary N) is 1. The smallest absolute Gasteiger partial charge is 0.204 e. The molecule has 8 nitrogen and oxygen atoms in total. The van der Waals surface area contributed by atoms with Crippen molar-refractivity contribution in [2.24, 2.45) is 11.7 Å². The monoisotopic (exact) mass is 559 g/mol.